The maximum absolute atomic E-state index is 12.7. The summed E-state index contributed by atoms with van der Waals surface area (Å²) >= 11 is -1.54. The number of alkyl halides is 3. The second-order valence-corrected chi connectivity index (χ2v) is 7.29. The Morgan fingerprint density at radius 2 is 1.75 bits per heavy atom. The second kappa shape index (κ2) is 5.65. The number of halogens is 3. The molecule has 1 unspecified atom stereocenters. The quantitative estimate of drug-likeness (QED) is 0.516. The third-order valence-corrected chi connectivity index (χ3v) is 3.93. The lowest BCUT2D eigenvalue weighted by molar-refractivity contribution is -0.137. The van der Waals surface area contributed by atoms with Gasteiger partial charge in [-0.2, -0.15) is 13.2 Å². The van der Waals surface area contributed by atoms with Gasteiger partial charge in [0.15, 0.2) is 0 Å². The molecule has 0 aromatic heterocycles. The molecular formula is C13H17F3N2OS. The molecule has 2 N–H and O–H groups in total. The molecule has 1 aromatic carbocycles. The highest BCUT2D eigenvalue weighted by Crippen LogP contribution is 2.31. The monoisotopic (exact) mass is 306 g/mol. The van der Waals surface area contributed by atoms with E-state index in [0.29, 0.717) is 0 Å². The van der Waals surface area contributed by atoms with Crippen LogP contribution in [-0.4, -0.2) is 15.0 Å². The van der Waals surface area contributed by atoms with Crippen molar-refractivity contribution in [3.05, 3.63) is 29.3 Å². The van der Waals surface area contributed by atoms with Crippen LogP contribution in [0.5, 0.6) is 0 Å². The lowest BCUT2D eigenvalue weighted by atomic mass is 10.1. The van der Waals surface area contributed by atoms with Crippen molar-refractivity contribution in [2.45, 2.75) is 38.6 Å². The van der Waals surface area contributed by atoms with Crippen molar-refractivity contribution in [1.29, 1.82) is 0 Å². The van der Waals surface area contributed by atoms with Gasteiger partial charge in [0.25, 0.3) is 0 Å². The number of anilines is 1. The molecule has 1 aromatic rings. The summed E-state index contributed by atoms with van der Waals surface area (Å²) in [4.78, 5) is 0. The van der Waals surface area contributed by atoms with Gasteiger partial charge in [0.05, 0.1) is 11.3 Å². The normalized spacial score (nSPS) is 15.3. The van der Waals surface area contributed by atoms with Crippen LogP contribution in [0.4, 0.5) is 18.9 Å². The zero-order valence-corrected chi connectivity index (χ0v) is 12.5. The first-order valence-electron chi connectivity index (χ1n) is 5.86. The molecule has 1 rings (SSSR count). The minimum absolute atomic E-state index is 0.00841. The number of hydrogen-bond acceptors (Lipinski definition) is 3. The molecular weight excluding hydrogens is 289 g/mol. The fraction of sp³-hybridized carbons (Fsp3) is 0.462. The Kier molecular flexibility index (Phi) is 4.76. The molecule has 0 spiro atoms. The molecule has 0 amide bonds. The van der Waals surface area contributed by atoms with Gasteiger partial charge >= 0.3 is 6.18 Å². The third kappa shape index (κ3) is 4.42. The molecule has 0 saturated heterocycles. The minimum atomic E-state index is -4.48. The summed E-state index contributed by atoms with van der Waals surface area (Å²) in [6.45, 7) is 6.72. The second-order valence-electron chi connectivity index (χ2n) is 5.38. The van der Waals surface area contributed by atoms with E-state index in [1.807, 2.05) is 0 Å². The summed E-state index contributed by atoms with van der Waals surface area (Å²) in [5.74, 6) is 0. The molecule has 7 heteroatoms. The van der Waals surface area contributed by atoms with Gasteiger partial charge in [-0.15, -0.1) is 0 Å². The molecule has 1 atom stereocenters. The van der Waals surface area contributed by atoms with E-state index < -0.39 is 27.8 Å². The highest BCUT2D eigenvalue weighted by molar-refractivity contribution is 7.91. The Hall–Kier alpha value is -1.21. The van der Waals surface area contributed by atoms with Gasteiger partial charge in [-0.3, -0.25) is 0 Å². The molecule has 112 valence electrons. The van der Waals surface area contributed by atoms with E-state index in [-0.39, 0.29) is 17.0 Å². The average Bonchev–Trinajstić information content (AvgIpc) is 2.25. The zero-order valence-electron chi connectivity index (χ0n) is 11.7. The lowest BCUT2D eigenvalue weighted by Crippen LogP contribution is -2.26. The lowest BCUT2D eigenvalue weighted by Gasteiger charge is -2.19. The fourth-order valence-corrected chi connectivity index (χ4v) is 1.97. The van der Waals surface area contributed by atoms with E-state index in [1.54, 1.807) is 20.8 Å². The smallest absolute Gasteiger partial charge is 0.416 e. The van der Waals surface area contributed by atoms with Gasteiger partial charge in [-0.1, -0.05) is 4.40 Å². The van der Waals surface area contributed by atoms with E-state index in [0.717, 1.165) is 12.1 Å². The first kappa shape index (κ1) is 16.8. The van der Waals surface area contributed by atoms with Crippen LogP contribution in [0.1, 0.15) is 38.8 Å². The Bertz CT molecular complexity index is 521. The van der Waals surface area contributed by atoms with Crippen LogP contribution in [0.15, 0.2) is 22.6 Å². The Balaban J connectivity index is 3.20. The molecule has 0 saturated carbocycles. The number of benzene rings is 1. The van der Waals surface area contributed by atoms with Crippen molar-refractivity contribution in [2.24, 2.45) is 4.40 Å². The van der Waals surface area contributed by atoms with Crippen LogP contribution in [-0.2, 0) is 17.5 Å². The predicted molar refractivity (Wildman–Crippen MR) is 76.0 cm³/mol. The van der Waals surface area contributed by atoms with Crippen LogP contribution in [0.3, 0.4) is 0 Å². The van der Waals surface area contributed by atoms with Crippen molar-refractivity contribution in [1.82, 2.24) is 0 Å². The minimum Gasteiger partial charge on any atom is -0.591 e. The number of nitrogens with zero attached hydrogens (tertiary/aromatic N) is 1. The van der Waals surface area contributed by atoms with E-state index in [4.69, 9.17) is 5.73 Å². The van der Waals surface area contributed by atoms with Gasteiger partial charge in [-0.05, 0) is 45.9 Å². The number of hydrogen-bond donors (Lipinski definition) is 1. The van der Waals surface area contributed by atoms with Crippen LogP contribution in [0, 0.1) is 0 Å². The summed E-state index contributed by atoms with van der Waals surface area (Å²) in [7, 11) is 0. The van der Waals surface area contributed by atoms with Gasteiger partial charge < -0.3 is 10.3 Å². The molecule has 3 nitrogen and oxygen atoms in total. The Labute approximate surface area is 119 Å². The number of nitrogens with two attached hydrogens (primary N) is 1. The number of rotatable bonds is 2. The summed E-state index contributed by atoms with van der Waals surface area (Å²) in [5.41, 5.74) is 5.11. The van der Waals surface area contributed by atoms with Gasteiger partial charge in [0.2, 0.25) is 0 Å². The molecule has 0 aliphatic carbocycles. The predicted octanol–water partition coefficient (Wildman–Crippen LogP) is 3.56. The SMILES string of the molecule is CC(=N[S+]([O-])C(C)(C)C)c1cc(N)cc(C(F)(F)F)c1. The van der Waals surface area contributed by atoms with Crippen LogP contribution in [0.25, 0.3) is 0 Å². The first-order chi connectivity index (χ1) is 8.91. The molecule has 0 fully saturated rings. The largest absolute Gasteiger partial charge is 0.591 e. The molecule has 20 heavy (non-hydrogen) atoms. The molecule has 0 aliphatic heterocycles. The average molecular weight is 306 g/mol. The van der Waals surface area contributed by atoms with E-state index >= 15 is 0 Å². The molecule has 0 radical (unpaired) electrons. The van der Waals surface area contributed by atoms with Gasteiger partial charge in [0.1, 0.15) is 16.1 Å². The van der Waals surface area contributed by atoms with Gasteiger partial charge in [0, 0.05) is 11.3 Å². The van der Waals surface area contributed by atoms with Crippen LogP contribution < -0.4 is 5.73 Å². The topological polar surface area (TPSA) is 61.4 Å². The van der Waals surface area contributed by atoms with E-state index in [9.17, 15) is 17.7 Å². The Morgan fingerprint density at radius 3 is 2.20 bits per heavy atom. The molecule has 0 heterocycles. The van der Waals surface area contributed by atoms with Crippen molar-refractivity contribution < 1.29 is 17.7 Å². The van der Waals surface area contributed by atoms with Crippen LogP contribution in [0.2, 0.25) is 0 Å². The zero-order chi connectivity index (χ0) is 15.7. The maximum atomic E-state index is 12.7. The van der Waals surface area contributed by atoms with Gasteiger partial charge in [-0.25, -0.2) is 0 Å². The van der Waals surface area contributed by atoms with Crippen LogP contribution >= 0.6 is 0 Å². The molecule has 0 aliphatic rings. The summed E-state index contributed by atoms with van der Waals surface area (Å²) in [6.07, 6.45) is -4.48. The fourth-order valence-electron chi connectivity index (χ4n) is 1.34. The summed E-state index contributed by atoms with van der Waals surface area (Å²) < 4.78 is 53.4. The van der Waals surface area contributed by atoms with Crippen molar-refractivity contribution in [2.75, 3.05) is 5.73 Å². The van der Waals surface area contributed by atoms with Crippen molar-refractivity contribution >= 4 is 22.8 Å². The highest BCUT2D eigenvalue weighted by Gasteiger charge is 2.32. The van der Waals surface area contributed by atoms with E-state index in [1.165, 1.54) is 13.0 Å². The molecule has 0 bridgehead atoms. The third-order valence-electron chi connectivity index (χ3n) is 2.44. The Morgan fingerprint density at radius 1 is 1.20 bits per heavy atom. The maximum Gasteiger partial charge on any atom is 0.416 e. The number of nitrogen functional groups attached to an aromatic ring is 1. The van der Waals surface area contributed by atoms with Crippen molar-refractivity contribution in [3.8, 4) is 0 Å². The van der Waals surface area contributed by atoms with E-state index in [2.05, 4.69) is 4.40 Å². The highest BCUT2D eigenvalue weighted by atomic mass is 32.2. The standard InChI is InChI=1S/C13H17F3N2OS/c1-8(18-20(19)12(2,3)4)9-5-10(13(14,15)16)7-11(17)6-9/h5-7H,17H2,1-4H3. The summed E-state index contributed by atoms with van der Waals surface area (Å²) in [5, 5.41) is 0. The van der Waals surface area contributed by atoms with Crippen molar-refractivity contribution in [3.63, 3.8) is 0 Å². The summed E-state index contributed by atoms with van der Waals surface area (Å²) in [6, 6.07) is 3.19. The first-order valence-corrected chi connectivity index (χ1v) is 6.97.